The largest absolute Gasteiger partial charge is 0.311 e. The third kappa shape index (κ3) is 2.73. The Labute approximate surface area is 110 Å². The zero-order chi connectivity index (χ0) is 13.8. The average molecular weight is 252 g/mol. The maximum absolute atomic E-state index is 13.4. The Kier molecular flexibility index (Phi) is 5.29. The Morgan fingerprint density at radius 3 is 2.28 bits per heavy atom. The average Bonchev–Trinajstić information content (AvgIpc) is 2.35. The Hall–Kier alpha value is -0.930. The van der Waals surface area contributed by atoms with Crippen molar-refractivity contribution in [2.75, 3.05) is 21.1 Å². The van der Waals surface area contributed by atoms with Gasteiger partial charge in [0.1, 0.15) is 5.82 Å². The number of rotatable bonds is 6. The van der Waals surface area contributed by atoms with Crippen LogP contribution in [0.2, 0.25) is 0 Å². The molecule has 0 amide bonds. The summed E-state index contributed by atoms with van der Waals surface area (Å²) in [5.41, 5.74) is 1.01. The minimum atomic E-state index is -0.174. The lowest BCUT2D eigenvalue weighted by atomic mass is 9.79. The van der Waals surface area contributed by atoms with Gasteiger partial charge in [-0.3, -0.25) is 0 Å². The molecule has 3 heteroatoms. The number of nitrogens with one attached hydrogen (secondary N) is 1. The molecule has 0 bridgehead atoms. The van der Waals surface area contributed by atoms with E-state index < -0.39 is 0 Å². The molecule has 0 aliphatic carbocycles. The predicted molar refractivity (Wildman–Crippen MR) is 75.2 cm³/mol. The minimum absolute atomic E-state index is 0.00252. The van der Waals surface area contributed by atoms with Gasteiger partial charge >= 0.3 is 0 Å². The SMILES string of the molecule is CCC(CC)(C(NC)c1cccc(F)c1)N(C)C. The summed E-state index contributed by atoms with van der Waals surface area (Å²) < 4.78 is 13.4. The van der Waals surface area contributed by atoms with Crippen LogP contribution < -0.4 is 5.32 Å². The molecule has 1 unspecified atom stereocenters. The van der Waals surface area contributed by atoms with Crippen LogP contribution in [0, 0.1) is 5.82 Å². The molecular weight excluding hydrogens is 227 g/mol. The van der Waals surface area contributed by atoms with E-state index in [0.717, 1.165) is 18.4 Å². The van der Waals surface area contributed by atoms with Crippen molar-refractivity contribution in [1.29, 1.82) is 0 Å². The van der Waals surface area contributed by atoms with E-state index in [9.17, 15) is 4.39 Å². The van der Waals surface area contributed by atoms with E-state index in [4.69, 9.17) is 0 Å². The first kappa shape index (κ1) is 15.1. The highest BCUT2D eigenvalue weighted by molar-refractivity contribution is 5.24. The Morgan fingerprint density at radius 1 is 1.28 bits per heavy atom. The summed E-state index contributed by atoms with van der Waals surface area (Å²) in [6.07, 6.45) is 2.02. The van der Waals surface area contributed by atoms with Gasteiger partial charge in [-0.25, -0.2) is 4.39 Å². The van der Waals surface area contributed by atoms with Crippen LogP contribution in [0.1, 0.15) is 38.3 Å². The fourth-order valence-electron chi connectivity index (χ4n) is 2.98. The Bertz CT molecular complexity index is 373. The lowest BCUT2D eigenvalue weighted by molar-refractivity contribution is 0.0916. The van der Waals surface area contributed by atoms with E-state index >= 15 is 0 Å². The molecule has 1 aromatic rings. The quantitative estimate of drug-likeness (QED) is 0.836. The van der Waals surface area contributed by atoms with Gasteiger partial charge in [-0.2, -0.15) is 0 Å². The van der Waals surface area contributed by atoms with Crippen molar-refractivity contribution in [3.8, 4) is 0 Å². The lowest BCUT2D eigenvalue weighted by Crippen LogP contribution is -2.52. The van der Waals surface area contributed by atoms with Crippen LogP contribution in [0.15, 0.2) is 24.3 Å². The normalized spacial score (nSPS) is 13.9. The van der Waals surface area contributed by atoms with Crippen molar-refractivity contribution in [2.24, 2.45) is 0 Å². The van der Waals surface area contributed by atoms with Crippen LogP contribution in [0.3, 0.4) is 0 Å². The summed E-state index contributed by atoms with van der Waals surface area (Å²) in [6.45, 7) is 4.38. The van der Waals surface area contributed by atoms with Crippen molar-refractivity contribution in [3.63, 3.8) is 0 Å². The molecule has 18 heavy (non-hydrogen) atoms. The van der Waals surface area contributed by atoms with Crippen LogP contribution in [0.4, 0.5) is 4.39 Å². The standard InChI is InChI=1S/C15H25FN2/c1-6-15(7-2,18(4)5)14(17-3)12-9-8-10-13(16)11-12/h8-11,14,17H,6-7H2,1-5H3. The third-order valence-electron chi connectivity index (χ3n) is 4.12. The van der Waals surface area contributed by atoms with Crippen LogP contribution in [-0.4, -0.2) is 31.6 Å². The first-order chi connectivity index (χ1) is 8.51. The fraction of sp³-hybridized carbons (Fsp3) is 0.600. The van der Waals surface area contributed by atoms with E-state index in [0.29, 0.717) is 0 Å². The molecule has 1 N–H and O–H groups in total. The van der Waals surface area contributed by atoms with Crippen LogP contribution >= 0.6 is 0 Å². The van der Waals surface area contributed by atoms with Crippen LogP contribution in [0.5, 0.6) is 0 Å². The van der Waals surface area contributed by atoms with Gasteiger partial charge < -0.3 is 10.2 Å². The first-order valence-corrected chi connectivity index (χ1v) is 6.62. The summed E-state index contributed by atoms with van der Waals surface area (Å²) in [6, 6.07) is 7.02. The molecule has 0 fully saturated rings. The van der Waals surface area contributed by atoms with Gasteiger partial charge in [0, 0.05) is 5.54 Å². The lowest BCUT2D eigenvalue weighted by Gasteiger charge is -2.45. The number of benzene rings is 1. The molecule has 1 rings (SSSR count). The topological polar surface area (TPSA) is 15.3 Å². The second kappa shape index (κ2) is 6.30. The zero-order valence-electron chi connectivity index (χ0n) is 12.1. The van der Waals surface area contributed by atoms with Gasteiger partial charge in [0.25, 0.3) is 0 Å². The van der Waals surface area contributed by atoms with Gasteiger partial charge in [-0.1, -0.05) is 26.0 Å². The molecule has 0 radical (unpaired) electrons. The zero-order valence-corrected chi connectivity index (χ0v) is 12.1. The molecule has 0 aliphatic rings. The summed E-state index contributed by atoms with van der Waals surface area (Å²) in [7, 11) is 6.13. The summed E-state index contributed by atoms with van der Waals surface area (Å²) in [5, 5.41) is 3.36. The van der Waals surface area contributed by atoms with Crippen molar-refractivity contribution >= 4 is 0 Å². The molecule has 1 aromatic carbocycles. The first-order valence-electron chi connectivity index (χ1n) is 6.62. The molecule has 0 aliphatic heterocycles. The molecule has 0 spiro atoms. The summed E-state index contributed by atoms with van der Waals surface area (Å²) >= 11 is 0. The smallest absolute Gasteiger partial charge is 0.123 e. The van der Waals surface area contributed by atoms with Crippen molar-refractivity contribution < 1.29 is 4.39 Å². The number of hydrogen-bond acceptors (Lipinski definition) is 2. The summed E-state index contributed by atoms with van der Waals surface area (Å²) in [4.78, 5) is 2.25. The third-order valence-corrected chi connectivity index (χ3v) is 4.12. The van der Waals surface area contributed by atoms with Gasteiger partial charge in [0.05, 0.1) is 6.04 Å². The summed E-state index contributed by atoms with van der Waals surface area (Å²) in [5.74, 6) is -0.174. The monoisotopic (exact) mass is 252 g/mol. The maximum Gasteiger partial charge on any atom is 0.123 e. The van der Waals surface area contributed by atoms with E-state index in [-0.39, 0.29) is 17.4 Å². The Balaban J connectivity index is 3.22. The fourth-order valence-corrected chi connectivity index (χ4v) is 2.98. The highest BCUT2D eigenvalue weighted by Gasteiger charge is 2.37. The highest BCUT2D eigenvalue weighted by atomic mass is 19.1. The molecule has 1 atom stereocenters. The molecule has 0 saturated heterocycles. The highest BCUT2D eigenvalue weighted by Crippen LogP contribution is 2.35. The number of hydrogen-bond donors (Lipinski definition) is 1. The number of likely N-dealkylation sites (N-methyl/N-ethyl adjacent to an activating group) is 2. The van der Waals surface area contributed by atoms with Gasteiger partial charge in [-0.05, 0) is 51.7 Å². The molecule has 2 nitrogen and oxygen atoms in total. The minimum Gasteiger partial charge on any atom is -0.311 e. The van der Waals surface area contributed by atoms with E-state index in [2.05, 4.69) is 38.2 Å². The van der Waals surface area contributed by atoms with Gasteiger partial charge in [0.15, 0.2) is 0 Å². The molecular formula is C15H25FN2. The van der Waals surface area contributed by atoms with Crippen molar-refractivity contribution in [2.45, 2.75) is 38.3 Å². The van der Waals surface area contributed by atoms with E-state index in [1.807, 2.05) is 13.1 Å². The second-order valence-electron chi connectivity index (χ2n) is 4.98. The van der Waals surface area contributed by atoms with E-state index in [1.54, 1.807) is 12.1 Å². The van der Waals surface area contributed by atoms with Crippen LogP contribution in [0.25, 0.3) is 0 Å². The molecule has 0 aromatic heterocycles. The van der Waals surface area contributed by atoms with Gasteiger partial charge in [0.2, 0.25) is 0 Å². The van der Waals surface area contributed by atoms with Crippen molar-refractivity contribution in [1.82, 2.24) is 10.2 Å². The maximum atomic E-state index is 13.4. The second-order valence-corrected chi connectivity index (χ2v) is 4.98. The number of nitrogens with zero attached hydrogens (tertiary/aromatic N) is 1. The van der Waals surface area contributed by atoms with Gasteiger partial charge in [-0.15, -0.1) is 0 Å². The molecule has 102 valence electrons. The number of halogens is 1. The van der Waals surface area contributed by atoms with E-state index in [1.165, 1.54) is 6.07 Å². The molecule has 0 heterocycles. The Morgan fingerprint density at radius 2 is 1.89 bits per heavy atom. The van der Waals surface area contributed by atoms with Crippen molar-refractivity contribution in [3.05, 3.63) is 35.6 Å². The predicted octanol–water partition coefficient (Wildman–Crippen LogP) is 3.21. The van der Waals surface area contributed by atoms with Crippen LogP contribution in [-0.2, 0) is 0 Å². The molecule has 0 saturated carbocycles.